The Morgan fingerprint density at radius 1 is 0.913 bits per heavy atom. The molecule has 2 aliphatic rings. The number of ether oxygens (including phenoxy) is 2. The van der Waals surface area contributed by atoms with E-state index in [0.717, 1.165) is 46.7 Å². The first kappa shape index (κ1) is 29.8. The van der Waals surface area contributed by atoms with Crippen LogP contribution >= 0.6 is 11.8 Å². The van der Waals surface area contributed by atoms with Crippen LogP contribution in [-0.2, 0) is 16.1 Å². The van der Waals surface area contributed by atoms with E-state index in [1.165, 1.54) is 11.8 Å². The number of hydrogen-bond donors (Lipinski definition) is 0. The Hall–Kier alpha value is -4.87. The van der Waals surface area contributed by atoms with Crippen molar-refractivity contribution < 1.29 is 14.3 Å². The van der Waals surface area contributed by atoms with E-state index in [1.807, 2.05) is 96.9 Å². The van der Waals surface area contributed by atoms with Crippen LogP contribution in [0.4, 0.5) is 27.5 Å². The molecule has 0 saturated carbocycles. The van der Waals surface area contributed by atoms with Crippen LogP contribution in [0.5, 0.6) is 0 Å². The monoisotopic (exact) mass is 634 g/mol. The molecule has 2 aromatic heterocycles. The number of aryl methyl sites for hydroxylation is 1. The van der Waals surface area contributed by atoms with E-state index in [2.05, 4.69) is 9.88 Å². The normalized spacial score (nSPS) is 14.8. The van der Waals surface area contributed by atoms with Crippen molar-refractivity contribution in [3.63, 3.8) is 0 Å². The summed E-state index contributed by atoms with van der Waals surface area (Å²) in [6, 6.07) is 25.4. The standard InChI is InChI=1S/C35H34N6O4S/c1-24-7-6-10-29-31(24)40(35(43)45-23-25-8-4-3-5-9-25)16-15-39(29)30-21-26-22-36-34(46-2)37-32(26)41(33(30)42)28-13-11-27(12-14-28)38-17-19-44-20-18-38/h3-14,21-22H,15-20,23H2,1-2H3. The van der Waals surface area contributed by atoms with Crippen molar-refractivity contribution >= 4 is 51.6 Å². The molecule has 0 unspecified atom stereocenters. The molecule has 7 rings (SSSR count). The molecule has 234 valence electrons. The van der Waals surface area contributed by atoms with Gasteiger partial charge in [0.2, 0.25) is 0 Å². The van der Waals surface area contributed by atoms with Crippen LogP contribution in [0.15, 0.2) is 95.0 Å². The summed E-state index contributed by atoms with van der Waals surface area (Å²) in [6.45, 7) is 5.93. The lowest BCUT2D eigenvalue weighted by Gasteiger charge is -2.38. The van der Waals surface area contributed by atoms with Crippen LogP contribution in [0.3, 0.4) is 0 Å². The lowest BCUT2D eigenvalue weighted by molar-refractivity contribution is 0.122. The predicted octanol–water partition coefficient (Wildman–Crippen LogP) is 5.94. The minimum atomic E-state index is -0.423. The molecule has 46 heavy (non-hydrogen) atoms. The zero-order valence-electron chi connectivity index (χ0n) is 25.8. The molecule has 10 nitrogen and oxygen atoms in total. The van der Waals surface area contributed by atoms with E-state index in [4.69, 9.17) is 14.5 Å². The Kier molecular flexibility index (Phi) is 8.33. The molecule has 0 aliphatic carbocycles. The topological polar surface area (TPSA) is 93.0 Å². The Morgan fingerprint density at radius 2 is 1.67 bits per heavy atom. The van der Waals surface area contributed by atoms with Crippen molar-refractivity contribution in [2.75, 3.05) is 60.3 Å². The van der Waals surface area contributed by atoms with E-state index in [1.54, 1.807) is 15.7 Å². The van der Waals surface area contributed by atoms with E-state index >= 15 is 0 Å². The smallest absolute Gasteiger partial charge is 0.414 e. The Bertz CT molecular complexity index is 1940. The van der Waals surface area contributed by atoms with Gasteiger partial charge in [0.1, 0.15) is 12.3 Å². The third-order valence-corrected chi connectivity index (χ3v) is 8.97. The highest BCUT2D eigenvalue weighted by Gasteiger charge is 2.32. The van der Waals surface area contributed by atoms with Crippen molar-refractivity contribution in [1.29, 1.82) is 0 Å². The summed E-state index contributed by atoms with van der Waals surface area (Å²) in [5.74, 6) is 0. The molecule has 1 fully saturated rings. The molecule has 0 N–H and O–H groups in total. The maximum Gasteiger partial charge on any atom is 0.414 e. The highest BCUT2D eigenvalue weighted by molar-refractivity contribution is 7.98. The fourth-order valence-corrected chi connectivity index (χ4v) is 6.44. The molecule has 1 saturated heterocycles. The third kappa shape index (κ3) is 5.67. The van der Waals surface area contributed by atoms with Gasteiger partial charge in [-0.15, -0.1) is 0 Å². The number of rotatable bonds is 6. The lowest BCUT2D eigenvalue weighted by atomic mass is 10.1. The highest BCUT2D eigenvalue weighted by atomic mass is 32.2. The van der Waals surface area contributed by atoms with Crippen molar-refractivity contribution in [2.24, 2.45) is 0 Å². The molecule has 11 heteroatoms. The number of amides is 1. The summed E-state index contributed by atoms with van der Waals surface area (Å²) in [4.78, 5) is 43.2. The fourth-order valence-electron chi connectivity index (χ4n) is 6.11. The highest BCUT2D eigenvalue weighted by Crippen LogP contribution is 2.40. The Morgan fingerprint density at radius 3 is 2.43 bits per heavy atom. The van der Waals surface area contributed by atoms with Crippen LogP contribution in [-0.4, -0.2) is 66.3 Å². The second-order valence-corrected chi connectivity index (χ2v) is 12.0. The zero-order valence-corrected chi connectivity index (χ0v) is 26.6. The fraction of sp³-hybridized carbons (Fsp3) is 0.257. The maximum absolute atomic E-state index is 14.6. The van der Waals surface area contributed by atoms with Crippen molar-refractivity contribution in [1.82, 2.24) is 14.5 Å². The molecule has 0 spiro atoms. The molecule has 0 radical (unpaired) electrons. The Balaban J connectivity index is 1.29. The molecule has 5 aromatic rings. The summed E-state index contributed by atoms with van der Waals surface area (Å²) in [5, 5.41) is 1.32. The average molecular weight is 635 g/mol. The molecule has 4 heterocycles. The first-order valence-corrected chi connectivity index (χ1v) is 16.5. The van der Waals surface area contributed by atoms with Gasteiger partial charge in [0.05, 0.1) is 30.3 Å². The summed E-state index contributed by atoms with van der Waals surface area (Å²) >= 11 is 1.43. The van der Waals surface area contributed by atoms with Gasteiger partial charge in [-0.1, -0.05) is 54.2 Å². The van der Waals surface area contributed by atoms with Crippen molar-refractivity contribution in [3.8, 4) is 5.69 Å². The van der Waals surface area contributed by atoms with Gasteiger partial charge >= 0.3 is 6.09 Å². The van der Waals surface area contributed by atoms with Crippen molar-refractivity contribution in [2.45, 2.75) is 18.7 Å². The number of para-hydroxylation sites is 1. The summed E-state index contributed by atoms with van der Waals surface area (Å²) in [5.41, 5.74) is 5.93. The minimum Gasteiger partial charge on any atom is -0.444 e. The number of thioether (sulfide) groups is 1. The van der Waals surface area contributed by atoms with Gasteiger partial charge < -0.3 is 19.3 Å². The largest absolute Gasteiger partial charge is 0.444 e. The van der Waals surface area contributed by atoms with Gasteiger partial charge in [-0.25, -0.2) is 14.8 Å². The number of benzene rings is 3. The predicted molar refractivity (Wildman–Crippen MR) is 182 cm³/mol. The SMILES string of the molecule is CSc1ncc2cc(N3CCN(C(=O)OCc4ccccc4)c4c(C)cccc43)c(=O)n(-c3ccc(N4CCOCC4)cc3)c2n1. The number of carbonyl (C=O) groups excluding carboxylic acids is 1. The zero-order chi connectivity index (χ0) is 31.6. The number of fused-ring (bicyclic) bond motifs is 2. The van der Waals surface area contributed by atoms with Gasteiger partial charge in [-0.05, 0) is 60.7 Å². The number of carbonyl (C=O) groups is 1. The van der Waals surface area contributed by atoms with Gasteiger partial charge in [-0.3, -0.25) is 14.3 Å². The lowest BCUT2D eigenvalue weighted by Crippen LogP contribution is -2.44. The number of morpholine rings is 1. The third-order valence-electron chi connectivity index (χ3n) is 8.41. The minimum absolute atomic E-state index is 0.179. The number of aromatic nitrogens is 3. The van der Waals surface area contributed by atoms with Gasteiger partial charge in [0, 0.05) is 43.4 Å². The molecule has 2 aliphatic heterocycles. The van der Waals surface area contributed by atoms with Crippen LogP contribution in [0, 0.1) is 6.92 Å². The van der Waals surface area contributed by atoms with Gasteiger partial charge in [0.25, 0.3) is 5.56 Å². The second kappa shape index (κ2) is 12.9. The summed E-state index contributed by atoms with van der Waals surface area (Å²) in [7, 11) is 0. The number of pyridine rings is 1. The molecule has 0 bridgehead atoms. The first-order valence-electron chi connectivity index (χ1n) is 15.3. The van der Waals surface area contributed by atoms with Crippen LogP contribution in [0.1, 0.15) is 11.1 Å². The van der Waals surface area contributed by atoms with Crippen LogP contribution in [0.2, 0.25) is 0 Å². The van der Waals surface area contributed by atoms with E-state index in [-0.39, 0.29) is 12.2 Å². The first-order chi connectivity index (χ1) is 22.5. The number of hydrogen-bond acceptors (Lipinski definition) is 9. The molecular weight excluding hydrogens is 600 g/mol. The number of anilines is 4. The Labute approximate surface area is 271 Å². The quantitative estimate of drug-likeness (QED) is 0.166. The molecular formula is C35H34N6O4S. The van der Waals surface area contributed by atoms with Crippen LogP contribution in [0.25, 0.3) is 16.7 Å². The van der Waals surface area contributed by atoms with Gasteiger partial charge in [0.15, 0.2) is 10.8 Å². The van der Waals surface area contributed by atoms with Crippen LogP contribution < -0.4 is 20.3 Å². The number of nitrogens with zero attached hydrogens (tertiary/aromatic N) is 6. The summed E-state index contributed by atoms with van der Waals surface area (Å²) in [6.07, 6.45) is 3.26. The maximum atomic E-state index is 14.6. The summed E-state index contributed by atoms with van der Waals surface area (Å²) < 4.78 is 12.9. The van der Waals surface area contributed by atoms with Gasteiger partial charge in [-0.2, -0.15) is 0 Å². The van der Waals surface area contributed by atoms with Crippen molar-refractivity contribution in [3.05, 3.63) is 107 Å². The molecule has 3 aromatic carbocycles. The van der Waals surface area contributed by atoms with E-state index in [0.29, 0.717) is 48.5 Å². The molecule has 1 amide bonds. The van der Waals surface area contributed by atoms with E-state index < -0.39 is 6.09 Å². The average Bonchev–Trinajstić information content (AvgIpc) is 3.11. The second-order valence-electron chi connectivity index (χ2n) is 11.2. The molecule has 0 atom stereocenters. The van der Waals surface area contributed by atoms with E-state index in [9.17, 15) is 9.59 Å².